The highest BCUT2D eigenvalue weighted by Gasteiger charge is 2.15. The molecular formula is C8H16N2O. The van der Waals surface area contributed by atoms with E-state index >= 15 is 0 Å². The molecule has 0 radical (unpaired) electrons. The molecule has 64 valence electrons. The van der Waals surface area contributed by atoms with Crippen LogP contribution in [-0.4, -0.2) is 23.9 Å². The number of hydrazine groups is 1. The van der Waals surface area contributed by atoms with Crippen LogP contribution in [0.3, 0.4) is 0 Å². The zero-order valence-electron chi connectivity index (χ0n) is 7.59. The Morgan fingerprint density at radius 3 is 2.27 bits per heavy atom. The first kappa shape index (κ1) is 10.2. The predicted molar refractivity (Wildman–Crippen MR) is 45.9 cm³/mol. The van der Waals surface area contributed by atoms with Crippen molar-refractivity contribution in [3.8, 4) is 0 Å². The Balaban J connectivity index is 0.000000461. The molecule has 0 spiro atoms. The summed E-state index contributed by atoms with van der Waals surface area (Å²) in [7, 11) is 1.86. The molecule has 3 nitrogen and oxygen atoms in total. The second kappa shape index (κ2) is 4.91. The summed E-state index contributed by atoms with van der Waals surface area (Å²) >= 11 is 0. The molecule has 0 aliphatic carbocycles. The molecule has 0 saturated carbocycles. The van der Waals surface area contributed by atoms with Gasteiger partial charge in [-0.2, -0.15) is 0 Å². The van der Waals surface area contributed by atoms with Gasteiger partial charge in [-0.05, 0) is 13.0 Å². The van der Waals surface area contributed by atoms with E-state index in [9.17, 15) is 4.79 Å². The Kier molecular flexibility index (Phi) is 4.54. The normalized spacial score (nSPS) is 21.1. The van der Waals surface area contributed by atoms with Gasteiger partial charge in [0.2, 0.25) is 0 Å². The van der Waals surface area contributed by atoms with Gasteiger partial charge in [0.25, 0.3) is 0 Å². The van der Waals surface area contributed by atoms with E-state index in [0.29, 0.717) is 0 Å². The largest absolute Gasteiger partial charge is 0.318 e. The van der Waals surface area contributed by atoms with E-state index in [4.69, 9.17) is 0 Å². The molecule has 1 rings (SSSR count). The van der Waals surface area contributed by atoms with Crippen LogP contribution in [0.4, 0.5) is 0 Å². The van der Waals surface area contributed by atoms with Crippen molar-refractivity contribution in [1.29, 1.82) is 0 Å². The second-order valence-electron chi connectivity index (χ2n) is 2.17. The Morgan fingerprint density at radius 2 is 2.09 bits per heavy atom. The average molecular weight is 156 g/mol. The van der Waals surface area contributed by atoms with Gasteiger partial charge in [-0.15, -0.1) is 0 Å². The van der Waals surface area contributed by atoms with Crippen LogP contribution >= 0.6 is 0 Å². The summed E-state index contributed by atoms with van der Waals surface area (Å²) in [5, 5.41) is 1.77. The molecule has 0 aromatic heterocycles. The summed E-state index contributed by atoms with van der Waals surface area (Å²) in [6.45, 7) is 5.57. The topological polar surface area (TPSA) is 32.3 Å². The zero-order valence-corrected chi connectivity index (χ0v) is 7.59. The van der Waals surface area contributed by atoms with Crippen LogP contribution in [0.25, 0.3) is 0 Å². The summed E-state index contributed by atoms with van der Waals surface area (Å²) in [6.07, 6.45) is 3.68. The first-order chi connectivity index (χ1) is 5.20. The van der Waals surface area contributed by atoms with Gasteiger partial charge < -0.3 is 5.01 Å². The molecule has 0 bridgehead atoms. The molecule has 1 unspecified atom stereocenters. The highest BCUT2D eigenvalue weighted by Crippen LogP contribution is 1.98. The third-order valence-electron chi connectivity index (χ3n) is 1.28. The molecule has 1 aliphatic heterocycles. The highest BCUT2D eigenvalue weighted by atomic mass is 16.1. The summed E-state index contributed by atoms with van der Waals surface area (Å²) in [6, 6.07) is -0.102. The van der Waals surface area contributed by atoms with E-state index in [0.717, 1.165) is 0 Å². The lowest BCUT2D eigenvalue weighted by Gasteiger charge is -2.11. The molecule has 0 amide bonds. The standard InChI is InChI=1S/C6H10N2O.C2H6/c1-5(9)6-3-4-8(2)7-6;1-2/h3-4,6-7H,1-2H3;1-2H3. The lowest BCUT2D eigenvalue weighted by Crippen LogP contribution is -2.36. The van der Waals surface area contributed by atoms with Crippen LogP contribution in [-0.2, 0) is 4.79 Å². The Labute approximate surface area is 68.0 Å². The number of nitrogens with one attached hydrogen (secondary N) is 1. The molecule has 0 saturated heterocycles. The molecule has 0 fully saturated rings. The third kappa shape index (κ3) is 3.18. The number of ketones is 1. The lowest BCUT2D eigenvalue weighted by molar-refractivity contribution is -0.118. The van der Waals surface area contributed by atoms with Crippen molar-refractivity contribution in [2.75, 3.05) is 7.05 Å². The van der Waals surface area contributed by atoms with Gasteiger partial charge in [-0.25, -0.2) is 5.43 Å². The number of hydrogen-bond acceptors (Lipinski definition) is 3. The Morgan fingerprint density at radius 1 is 1.55 bits per heavy atom. The van der Waals surface area contributed by atoms with Crippen LogP contribution in [0.1, 0.15) is 20.8 Å². The van der Waals surface area contributed by atoms with Gasteiger partial charge in [0, 0.05) is 13.2 Å². The average Bonchev–Trinajstić information content (AvgIpc) is 2.40. The minimum Gasteiger partial charge on any atom is -0.318 e. The molecule has 0 aromatic rings. The fourth-order valence-corrected chi connectivity index (χ4v) is 0.747. The van der Waals surface area contributed by atoms with Gasteiger partial charge in [-0.3, -0.25) is 4.79 Å². The summed E-state index contributed by atoms with van der Waals surface area (Å²) in [5.74, 6) is 0.149. The monoisotopic (exact) mass is 156 g/mol. The Hall–Kier alpha value is -0.830. The minimum atomic E-state index is -0.102. The molecule has 1 aliphatic rings. The molecule has 1 heterocycles. The lowest BCUT2D eigenvalue weighted by atomic mass is 10.2. The number of nitrogens with zero attached hydrogens (tertiary/aromatic N) is 1. The summed E-state index contributed by atoms with van der Waals surface area (Å²) in [4.78, 5) is 10.7. The number of hydrogen-bond donors (Lipinski definition) is 1. The number of Topliss-reactive ketones (excluding diaryl/α,β-unsaturated/α-hetero) is 1. The number of carbonyl (C=O) groups is 1. The maximum Gasteiger partial charge on any atom is 0.152 e. The van der Waals surface area contributed by atoms with Crippen LogP contribution in [0.2, 0.25) is 0 Å². The Bertz CT molecular complexity index is 154. The smallest absolute Gasteiger partial charge is 0.152 e. The molecule has 1 N–H and O–H groups in total. The number of carbonyl (C=O) groups excluding carboxylic acids is 1. The van der Waals surface area contributed by atoms with Crippen molar-refractivity contribution in [2.45, 2.75) is 26.8 Å². The summed E-state index contributed by atoms with van der Waals surface area (Å²) in [5.41, 5.74) is 2.93. The SMILES string of the molecule is CC.CC(=O)C1C=CN(C)N1. The van der Waals surface area contributed by atoms with Crippen molar-refractivity contribution >= 4 is 5.78 Å². The quantitative estimate of drug-likeness (QED) is 0.613. The van der Waals surface area contributed by atoms with E-state index in [1.165, 1.54) is 0 Å². The minimum absolute atomic E-state index is 0.102. The van der Waals surface area contributed by atoms with Crippen molar-refractivity contribution in [1.82, 2.24) is 10.4 Å². The predicted octanol–water partition coefficient (Wildman–Crippen LogP) is 0.934. The summed E-state index contributed by atoms with van der Waals surface area (Å²) < 4.78 is 0. The van der Waals surface area contributed by atoms with Crippen molar-refractivity contribution < 1.29 is 4.79 Å². The van der Waals surface area contributed by atoms with E-state index < -0.39 is 0 Å². The van der Waals surface area contributed by atoms with Gasteiger partial charge in [0.15, 0.2) is 5.78 Å². The fourth-order valence-electron chi connectivity index (χ4n) is 0.747. The molecule has 3 heteroatoms. The molecule has 0 aromatic carbocycles. The van der Waals surface area contributed by atoms with Crippen molar-refractivity contribution in [3.05, 3.63) is 12.3 Å². The third-order valence-corrected chi connectivity index (χ3v) is 1.28. The van der Waals surface area contributed by atoms with E-state index in [1.807, 2.05) is 33.2 Å². The van der Waals surface area contributed by atoms with Gasteiger partial charge in [-0.1, -0.05) is 13.8 Å². The van der Waals surface area contributed by atoms with Crippen molar-refractivity contribution in [3.63, 3.8) is 0 Å². The zero-order chi connectivity index (χ0) is 8.85. The van der Waals surface area contributed by atoms with E-state index in [1.54, 1.807) is 11.9 Å². The van der Waals surface area contributed by atoms with Crippen molar-refractivity contribution in [2.24, 2.45) is 0 Å². The van der Waals surface area contributed by atoms with Gasteiger partial charge in [0.1, 0.15) is 6.04 Å². The van der Waals surface area contributed by atoms with E-state index in [2.05, 4.69) is 5.43 Å². The fraction of sp³-hybridized carbons (Fsp3) is 0.625. The highest BCUT2D eigenvalue weighted by molar-refractivity contribution is 5.83. The van der Waals surface area contributed by atoms with Crippen LogP contribution in [0.5, 0.6) is 0 Å². The molecule has 1 atom stereocenters. The van der Waals surface area contributed by atoms with Crippen LogP contribution in [0, 0.1) is 0 Å². The maximum atomic E-state index is 10.7. The first-order valence-electron chi connectivity index (χ1n) is 3.88. The van der Waals surface area contributed by atoms with Crippen LogP contribution < -0.4 is 5.43 Å². The van der Waals surface area contributed by atoms with E-state index in [-0.39, 0.29) is 11.8 Å². The molecular weight excluding hydrogens is 140 g/mol. The first-order valence-corrected chi connectivity index (χ1v) is 3.88. The van der Waals surface area contributed by atoms with Gasteiger partial charge in [0.05, 0.1) is 0 Å². The van der Waals surface area contributed by atoms with Gasteiger partial charge >= 0.3 is 0 Å². The maximum absolute atomic E-state index is 10.7. The van der Waals surface area contributed by atoms with Crippen LogP contribution in [0.15, 0.2) is 12.3 Å². The number of rotatable bonds is 1. The second-order valence-corrected chi connectivity index (χ2v) is 2.17. The molecule has 11 heavy (non-hydrogen) atoms.